The summed E-state index contributed by atoms with van der Waals surface area (Å²) in [5, 5.41) is 0. The minimum atomic E-state index is -0.516. The van der Waals surface area contributed by atoms with Gasteiger partial charge >= 0.3 is 5.97 Å². The maximum atomic E-state index is 12.4. The zero-order valence-corrected chi connectivity index (χ0v) is 11.9. The molecule has 0 spiro atoms. The summed E-state index contributed by atoms with van der Waals surface area (Å²) < 4.78 is 4.63. The van der Waals surface area contributed by atoms with Gasteiger partial charge in [-0.2, -0.15) is 0 Å². The number of hydrogen-bond donors (Lipinski definition) is 0. The summed E-state index contributed by atoms with van der Waals surface area (Å²) in [6.07, 6.45) is 2.50. The van der Waals surface area contributed by atoms with Crippen molar-refractivity contribution >= 4 is 17.5 Å². The Morgan fingerprint density at radius 3 is 2.53 bits per heavy atom. The van der Waals surface area contributed by atoms with Gasteiger partial charge in [-0.3, -0.25) is 4.79 Å². The second-order valence-corrected chi connectivity index (χ2v) is 5.37. The van der Waals surface area contributed by atoms with Crippen molar-refractivity contribution in [2.45, 2.75) is 39.5 Å². The molecule has 0 saturated heterocycles. The number of rotatable bonds is 5. The van der Waals surface area contributed by atoms with Gasteiger partial charge in [-0.25, -0.2) is 4.79 Å². The van der Waals surface area contributed by atoms with Crippen LogP contribution in [-0.2, 0) is 19.1 Å². The van der Waals surface area contributed by atoms with E-state index in [4.69, 9.17) is 0 Å². The molecule has 0 aromatic carbocycles. The smallest absolute Gasteiger partial charge is 0.333 e. The van der Waals surface area contributed by atoms with Gasteiger partial charge in [0.05, 0.1) is 7.11 Å². The molecule has 0 N–H and O–H groups in total. The molecule has 1 aliphatic carbocycles. The van der Waals surface area contributed by atoms with Crippen LogP contribution in [0.2, 0.25) is 0 Å². The van der Waals surface area contributed by atoms with Gasteiger partial charge in [-0.1, -0.05) is 13.5 Å². The highest BCUT2D eigenvalue weighted by atomic mass is 16.5. The molecule has 4 heteroatoms. The van der Waals surface area contributed by atoms with Crippen molar-refractivity contribution in [3.63, 3.8) is 0 Å². The molecular formula is C15H22O4. The van der Waals surface area contributed by atoms with Gasteiger partial charge < -0.3 is 9.53 Å². The predicted molar refractivity (Wildman–Crippen MR) is 71.5 cm³/mol. The molecule has 0 radical (unpaired) electrons. The van der Waals surface area contributed by atoms with E-state index in [0.29, 0.717) is 19.3 Å². The third kappa shape index (κ3) is 3.75. The molecule has 1 aliphatic rings. The second-order valence-electron chi connectivity index (χ2n) is 5.37. The lowest BCUT2D eigenvalue weighted by atomic mass is 9.70. The number of Topliss-reactive ketones (excluding diaryl/α,β-unsaturated/α-hetero) is 2. The number of ketones is 2. The summed E-state index contributed by atoms with van der Waals surface area (Å²) in [4.78, 5) is 35.0. The van der Waals surface area contributed by atoms with E-state index in [1.165, 1.54) is 14.0 Å². The third-order valence-electron chi connectivity index (χ3n) is 3.98. The van der Waals surface area contributed by atoms with Gasteiger partial charge in [0.1, 0.15) is 11.6 Å². The molecule has 0 amide bonds. The van der Waals surface area contributed by atoms with E-state index < -0.39 is 11.9 Å². The summed E-state index contributed by atoms with van der Waals surface area (Å²) in [7, 11) is 1.29. The van der Waals surface area contributed by atoms with Gasteiger partial charge in [-0.15, -0.1) is 0 Å². The predicted octanol–water partition coefficient (Wildman–Crippen LogP) is 2.32. The Balaban J connectivity index is 2.77. The number of ether oxygens (including phenoxy) is 1. The fraction of sp³-hybridized carbons (Fsp3) is 0.667. The van der Waals surface area contributed by atoms with Gasteiger partial charge in [0, 0.05) is 23.8 Å². The van der Waals surface area contributed by atoms with Gasteiger partial charge in [0.15, 0.2) is 0 Å². The summed E-state index contributed by atoms with van der Waals surface area (Å²) in [6.45, 7) is 7.25. The molecule has 0 aromatic heterocycles. The van der Waals surface area contributed by atoms with Crippen LogP contribution in [0.5, 0.6) is 0 Å². The van der Waals surface area contributed by atoms with Crippen molar-refractivity contribution in [2.24, 2.45) is 17.8 Å². The Morgan fingerprint density at radius 2 is 2.00 bits per heavy atom. The van der Waals surface area contributed by atoms with Crippen molar-refractivity contribution < 1.29 is 19.1 Å². The van der Waals surface area contributed by atoms with Gasteiger partial charge in [-0.05, 0) is 32.1 Å². The molecule has 19 heavy (non-hydrogen) atoms. The number of methoxy groups -OCH3 is 1. The summed E-state index contributed by atoms with van der Waals surface area (Å²) in [6, 6.07) is 0. The first-order valence-corrected chi connectivity index (χ1v) is 6.68. The molecule has 0 bridgehead atoms. The van der Waals surface area contributed by atoms with Crippen LogP contribution >= 0.6 is 0 Å². The normalized spacial score (nSPS) is 26.9. The van der Waals surface area contributed by atoms with Crippen LogP contribution in [0.1, 0.15) is 39.5 Å². The first-order valence-electron chi connectivity index (χ1n) is 6.68. The summed E-state index contributed by atoms with van der Waals surface area (Å²) in [5.41, 5.74) is 0.243. The molecule has 3 atom stereocenters. The Kier molecular flexibility index (Phi) is 5.45. The molecule has 1 rings (SSSR count). The quantitative estimate of drug-likeness (QED) is 0.566. The Bertz CT molecular complexity index is 397. The fourth-order valence-electron chi connectivity index (χ4n) is 2.72. The first kappa shape index (κ1) is 15.6. The lowest BCUT2D eigenvalue weighted by molar-refractivity contribution is -0.140. The minimum Gasteiger partial charge on any atom is -0.466 e. The van der Waals surface area contributed by atoms with Crippen LogP contribution in [0, 0.1) is 17.8 Å². The van der Waals surface area contributed by atoms with Gasteiger partial charge in [0.25, 0.3) is 0 Å². The lowest BCUT2D eigenvalue weighted by Crippen LogP contribution is -2.36. The molecule has 1 fully saturated rings. The Labute approximate surface area is 114 Å². The van der Waals surface area contributed by atoms with Crippen LogP contribution < -0.4 is 0 Å². The van der Waals surface area contributed by atoms with Crippen LogP contribution in [-0.4, -0.2) is 24.6 Å². The van der Waals surface area contributed by atoms with Crippen LogP contribution in [0.4, 0.5) is 0 Å². The number of carbonyl (C=O) groups is 3. The molecule has 0 aromatic rings. The third-order valence-corrected chi connectivity index (χ3v) is 3.98. The Morgan fingerprint density at radius 1 is 1.37 bits per heavy atom. The topological polar surface area (TPSA) is 60.4 Å². The maximum Gasteiger partial charge on any atom is 0.333 e. The van der Waals surface area contributed by atoms with Crippen LogP contribution in [0.15, 0.2) is 12.2 Å². The highest BCUT2D eigenvalue weighted by Gasteiger charge is 2.38. The standard InChI is InChI=1S/C15H22O4/c1-9-5-7-13(11(3)15(18)19-4)14(17)12(9)8-6-10(2)16/h9,12-13H,3,5-8H2,1-2,4H3/t9-,12+,13+/m1/s1. The summed E-state index contributed by atoms with van der Waals surface area (Å²) in [5.74, 6) is -0.722. The minimum absolute atomic E-state index is 0.0374. The highest BCUT2D eigenvalue weighted by molar-refractivity contribution is 5.98. The molecule has 106 valence electrons. The summed E-state index contributed by atoms with van der Waals surface area (Å²) >= 11 is 0. The number of carbonyl (C=O) groups excluding carboxylic acids is 3. The molecule has 0 heterocycles. The van der Waals surface area contributed by atoms with Gasteiger partial charge in [0.2, 0.25) is 0 Å². The largest absolute Gasteiger partial charge is 0.466 e. The van der Waals surface area contributed by atoms with E-state index in [1.54, 1.807) is 0 Å². The van der Waals surface area contributed by atoms with E-state index in [2.05, 4.69) is 11.3 Å². The van der Waals surface area contributed by atoms with Crippen molar-refractivity contribution in [1.29, 1.82) is 0 Å². The monoisotopic (exact) mass is 266 g/mol. The van der Waals surface area contributed by atoms with E-state index in [-0.39, 0.29) is 29.0 Å². The molecule has 4 nitrogen and oxygen atoms in total. The second kappa shape index (κ2) is 6.64. The fourth-order valence-corrected chi connectivity index (χ4v) is 2.72. The molecule has 0 unspecified atom stereocenters. The van der Waals surface area contributed by atoms with Crippen LogP contribution in [0.3, 0.4) is 0 Å². The average molecular weight is 266 g/mol. The van der Waals surface area contributed by atoms with Crippen molar-refractivity contribution in [2.75, 3.05) is 7.11 Å². The maximum absolute atomic E-state index is 12.4. The number of hydrogen-bond acceptors (Lipinski definition) is 4. The highest BCUT2D eigenvalue weighted by Crippen LogP contribution is 2.36. The first-order chi connectivity index (χ1) is 8.88. The molecular weight excluding hydrogens is 244 g/mol. The average Bonchev–Trinajstić information content (AvgIpc) is 2.36. The Hall–Kier alpha value is -1.45. The van der Waals surface area contributed by atoms with Crippen LogP contribution in [0.25, 0.3) is 0 Å². The van der Waals surface area contributed by atoms with Crippen molar-refractivity contribution in [1.82, 2.24) is 0 Å². The zero-order chi connectivity index (χ0) is 14.6. The zero-order valence-electron chi connectivity index (χ0n) is 11.9. The molecule has 0 aliphatic heterocycles. The lowest BCUT2D eigenvalue weighted by Gasteiger charge is -2.33. The van der Waals surface area contributed by atoms with E-state index in [1.807, 2.05) is 6.92 Å². The van der Waals surface area contributed by atoms with E-state index in [0.717, 1.165) is 6.42 Å². The van der Waals surface area contributed by atoms with Crippen molar-refractivity contribution in [3.05, 3.63) is 12.2 Å². The SMILES string of the molecule is C=C(C(=O)OC)[C@@H]1CC[C@@H](C)[C@H](CCC(C)=O)C1=O. The van der Waals surface area contributed by atoms with E-state index in [9.17, 15) is 14.4 Å². The number of esters is 1. The molecule has 1 saturated carbocycles. The van der Waals surface area contributed by atoms with Crippen molar-refractivity contribution in [3.8, 4) is 0 Å². The van der Waals surface area contributed by atoms with E-state index >= 15 is 0 Å².